The highest BCUT2D eigenvalue weighted by Crippen LogP contribution is 2.36. The molecule has 0 unspecified atom stereocenters. The van der Waals surface area contributed by atoms with E-state index in [0.717, 1.165) is 37.0 Å². The largest absolute Gasteiger partial charge is 0.363 e. The van der Waals surface area contributed by atoms with Crippen molar-refractivity contribution in [2.24, 2.45) is 0 Å². The fraction of sp³-hybridized carbons (Fsp3) is 0.222. The van der Waals surface area contributed by atoms with Crippen LogP contribution in [0.2, 0.25) is 0 Å². The summed E-state index contributed by atoms with van der Waals surface area (Å²) >= 11 is 0. The lowest BCUT2D eigenvalue weighted by Gasteiger charge is -2.23. The number of benzene rings is 2. The molecule has 0 amide bonds. The first-order valence-corrected chi connectivity index (χ1v) is 7.60. The van der Waals surface area contributed by atoms with Crippen molar-refractivity contribution < 1.29 is 9.59 Å². The lowest BCUT2D eigenvalue weighted by molar-refractivity contribution is 0.0946. The van der Waals surface area contributed by atoms with Crippen LogP contribution in [0.3, 0.4) is 0 Å². The van der Waals surface area contributed by atoms with E-state index in [1.54, 1.807) is 0 Å². The maximum absolute atomic E-state index is 13.0. The van der Waals surface area contributed by atoms with E-state index in [1.807, 2.05) is 46.2 Å². The van der Waals surface area contributed by atoms with Gasteiger partial charge in [0, 0.05) is 37.3 Å². The van der Waals surface area contributed by atoms with E-state index >= 15 is 0 Å². The summed E-state index contributed by atoms with van der Waals surface area (Å²) in [5, 5.41) is 2.01. The molecule has 0 N–H and O–H groups in total. The van der Waals surface area contributed by atoms with Gasteiger partial charge in [0.1, 0.15) is 11.4 Å². The molecule has 0 atom stereocenters. The van der Waals surface area contributed by atoms with Crippen molar-refractivity contribution in [3.05, 3.63) is 58.9 Å². The minimum absolute atomic E-state index is 0.000229. The molecule has 2 aromatic carbocycles. The van der Waals surface area contributed by atoms with Gasteiger partial charge < -0.3 is 9.80 Å². The molecule has 0 saturated carbocycles. The summed E-state index contributed by atoms with van der Waals surface area (Å²) in [6, 6.07) is 11.6. The molecule has 2 aliphatic heterocycles. The van der Waals surface area contributed by atoms with Crippen LogP contribution in [0, 0.1) is 0 Å². The second-order valence-electron chi connectivity index (χ2n) is 6.07. The van der Waals surface area contributed by atoms with Gasteiger partial charge in [0.05, 0.1) is 0 Å². The zero-order valence-corrected chi connectivity index (χ0v) is 12.0. The number of hydrogen-bond donors (Lipinski definition) is 0. The molecule has 0 aromatic heterocycles. The Morgan fingerprint density at radius 3 is 1.45 bits per heavy atom. The number of allylic oxidation sites excluding steroid dienone is 2. The summed E-state index contributed by atoms with van der Waals surface area (Å²) in [6.07, 6.45) is 0. The summed E-state index contributed by atoms with van der Waals surface area (Å²) in [7, 11) is 0. The number of ketones is 2. The highest BCUT2D eigenvalue weighted by Gasteiger charge is 2.42. The van der Waals surface area contributed by atoms with Crippen molar-refractivity contribution in [2.45, 2.75) is 0 Å². The van der Waals surface area contributed by atoms with Crippen LogP contribution >= 0.6 is 0 Å². The molecule has 1 aliphatic carbocycles. The minimum Gasteiger partial charge on any atom is -0.363 e. The number of Topliss-reactive ketones (excluding diaryl/α,β-unsaturated/α-hetero) is 2. The van der Waals surface area contributed by atoms with Crippen LogP contribution in [0.5, 0.6) is 0 Å². The molecular formula is C18H14N2O2. The van der Waals surface area contributed by atoms with Gasteiger partial charge in [0.15, 0.2) is 0 Å². The topological polar surface area (TPSA) is 40.2 Å². The molecular weight excluding hydrogens is 276 g/mol. The lowest BCUT2D eigenvalue weighted by Crippen LogP contribution is -2.29. The van der Waals surface area contributed by atoms with E-state index in [4.69, 9.17) is 0 Å². The maximum atomic E-state index is 13.0. The van der Waals surface area contributed by atoms with Crippen LogP contribution < -0.4 is 0 Å². The van der Waals surface area contributed by atoms with Crippen molar-refractivity contribution >= 4 is 22.3 Å². The van der Waals surface area contributed by atoms with Crippen LogP contribution in [0.4, 0.5) is 0 Å². The number of fused-ring (bicyclic) bond motifs is 2. The van der Waals surface area contributed by atoms with Gasteiger partial charge in [-0.1, -0.05) is 24.3 Å². The lowest BCUT2D eigenvalue weighted by atomic mass is 9.88. The quantitative estimate of drug-likeness (QED) is 0.794. The van der Waals surface area contributed by atoms with Gasteiger partial charge in [-0.05, 0) is 22.9 Å². The molecule has 2 fully saturated rings. The summed E-state index contributed by atoms with van der Waals surface area (Å²) in [4.78, 5) is 29.9. The van der Waals surface area contributed by atoms with Gasteiger partial charge in [0.2, 0.25) is 11.6 Å². The molecule has 0 radical (unpaired) electrons. The highest BCUT2D eigenvalue weighted by atomic mass is 16.1. The smallest absolute Gasteiger partial charge is 0.212 e. The average Bonchev–Trinajstić information content (AvgIpc) is 3.41. The van der Waals surface area contributed by atoms with E-state index < -0.39 is 0 Å². The Kier molecular flexibility index (Phi) is 2.16. The van der Waals surface area contributed by atoms with Crippen LogP contribution in [0.15, 0.2) is 47.8 Å². The minimum atomic E-state index is -0.000229. The van der Waals surface area contributed by atoms with Crippen molar-refractivity contribution in [3.8, 4) is 0 Å². The molecule has 5 rings (SSSR count). The zero-order chi connectivity index (χ0) is 14.8. The van der Waals surface area contributed by atoms with Gasteiger partial charge in [-0.25, -0.2) is 0 Å². The van der Waals surface area contributed by atoms with Gasteiger partial charge in [0.25, 0.3) is 0 Å². The Bertz CT molecular complexity index is 817. The number of carbonyl (C=O) groups excluding carboxylic acids is 2. The third-order valence-electron chi connectivity index (χ3n) is 4.56. The summed E-state index contributed by atoms with van der Waals surface area (Å²) < 4.78 is 0. The van der Waals surface area contributed by atoms with Gasteiger partial charge >= 0.3 is 0 Å². The summed E-state index contributed by atoms with van der Waals surface area (Å²) in [6.45, 7) is 3.48. The predicted molar refractivity (Wildman–Crippen MR) is 82.8 cm³/mol. The van der Waals surface area contributed by atoms with E-state index in [1.165, 1.54) is 0 Å². The number of carbonyl (C=O) groups is 2. The van der Waals surface area contributed by atoms with Gasteiger partial charge in [-0.15, -0.1) is 0 Å². The summed E-state index contributed by atoms with van der Waals surface area (Å²) in [5.41, 5.74) is 2.34. The Hall–Kier alpha value is -2.62. The maximum Gasteiger partial charge on any atom is 0.212 e. The molecule has 108 valence electrons. The van der Waals surface area contributed by atoms with E-state index in [-0.39, 0.29) is 11.6 Å². The molecule has 4 nitrogen and oxygen atoms in total. The fourth-order valence-corrected chi connectivity index (χ4v) is 3.22. The van der Waals surface area contributed by atoms with E-state index in [9.17, 15) is 9.59 Å². The molecule has 2 aromatic rings. The van der Waals surface area contributed by atoms with Crippen molar-refractivity contribution in [2.75, 3.05) is 26.2 Å². The predicted octanol–water partition coefficient (Wildman–Crippen LogP) is 2.06. The van der Waals surface area contributed by atoms with Crippen LogP contribution in [0.1, 0.15) is 20.7 Å². The fourth-order valence-electron chi connectivity index (χ4n) is 3.22. The first-order valence-electron chi connectivity index (χ1n) is 7.60. The zero-order valence-electron chi connectivity index (χ0n) is 12.0. The van der Waals surface area contributed by atoms with Gasteiger partial charge in [-0.2, -0.15) is 0 Å². The van der Waals surface area contributed by atoms with Crippen molar-refractivity contribution in [3.63, 3.8) is 0 Å². The molecule has 2 heterocycles. The first kappa shape index (κ1) is 12.0. The van der Waals surface area contributed by atoms with Gasteiger partial charge in [-0.3, -0.25) is 9.59 Å². The summed E-state index contributed by atoms with van der Waals surface area (Å²) in [5.74, 6) is -0.000457. The molecule has 22 heavy (non-hydrogen) atoms. The van der Waals surface area contributed by atoms with Crippen LogP contribution in [-0.4, -0.2) is 47.5 Å². The Labute approximate surface area is 127 Å². The number of nitrogens with zero attached hydrogens (tertiary/aromatic N) is 2. The standard InChI is InChI=1S/C18H14N2O2/c21-17-13-9-11-3-1-2-4-12(11)10-14(13)18(22)16(20-7-8-20)15(17)19-5-6-19/h1-4,9-10H,5-8H2. The monoisotopic (exact) mass is 290 g/mol. The molecule has 0 spiro atoms. The highest BCUT2D eigenvalue weighted by molar-refractivity contribution is 6.28. The van der Waals surface area contributed by atoms with Crippen molar-refractivity contribution in [1.29, 1.82) is 0 Å². The third-order valence-corrected chi connectivity index (χ3v) is 4.56. The first-order chi connectivity index (χ1) is 10.7. The normalized spacial score (nSPS) is 19.8. The molecule has 3 aliphatic rings. The SMILES string of the molecule is O=C1C(N2CC2)=C(N2CC2)C(=O)c2cc3ccccc3cc21. The Balaban J connectivity index is 1.78. The molecule has 4 heteroatoms. The Morgan fingerprint density at radius 2 is 1.09 bits per heavy atom. The third kappa shape index (κ3) is 1.58. The van der Waals surface area contributed by atoms with E-state index in [0.29, 0.717) is 22.5 Å². The number of rotatable bonds is 2. The second-order valence-corrected chi connectivity index (χ2v) is 6.07. The average molecular weight is 290 g/mol. The Morgan fingerprint density at radius 1 is 0.682 bits per heavy atom. The second kappa shape index (κ2) is 3.97. The van der Waals surface area contributed by atoms with Crippen LogP contribution in [-0.2, 0) is 0 Å². The molecule has 2 saturated heterocycles. The number of hydrogen-bond acceptors (Lipinski definition) is 4. The van der Waals surface area contributed by atoms with E-state index in [2.05, 4.69) is 0 Å². The van der Waals surface area contributed by atoms with Crippen molar-refractivity contribution in [1.82, 2.24) is 9.80 Å². The molecule has 0 bridgehead atoms. The van der Waals surface area contributed by atoms with Crippen LogP contribution in [0.25, 0.3) is 10.8 Å².